The quantitative estimate of drug-likeness (QED) is 0.352. The van der Waals surface area contributed by atoms with Crippen molar-refractivity contribution in [1.29, 1.82) is 0 Å². The van der Waals surface area contributed by atoms with Gasteiger partial charge in [-0.05, 0) is 37.8 Å². The Hall–Kier alpha value is -2.67. The normalized spacial score (nSPS) is 15.2. The lowest BCUT2D eigenvalue weighted by atomic mass is 9.76. The van der Waals surface area contributed by atoms with Crippen molar-refractivity contribution in [2.24, 2.45) is 11.3 Å². The molecule has 0 bridgehead atoms. The molecule has 36 heavy (non-hydrogen) atoms. The number of carbonyl (C=O) groups excluding carboxylic acids is 3. The van der Waals surface area contributed by atoms with Crippen LogP contribution in [0.4, 0.5) is 0 Å². The molecule has 0 spiro atoms. The van der Waals surface area contributed by atoms with E-state index in [4.69, 9.17) is 4.74 Å². The first-order valence-electron chi connectivity index (χ1n) is 12.7. The van der Waals surface area contributed by atoms with Gasteiger partial charge >= 0.3 is 5.97 Å². The summed E-state index contributed by atoms with van der Waals surface area (Å²) in [6, 6.07) is 8.19. The van der Waals surface area contributed by atoms with Crippen molar-refractivity contribution < 1.29 is 19.1 Å². The average molecular weight is 502 g/mol. The number of rotatable bonds is 11. The summed E-state index contributed by atoms with van der Waals surface area (Å²) in [5, 5.41) is 6.21. The number of carbonyl (C=O) groups is 3. The Morgan fingerprint density at radius 3 is 2.03 bits per heavy atom. The van der Waals surface area contributed by atoms with Gasteiger partial charge in [-0.3, -0.25) is 9.59 Å². The van der Waals surface area contributed by atoms with Crippen LogP contribution in [0.1, 0.15) is 67.9 Å². The van der Waals surface area contributed by atoms with Gasteiger partial charge in [0, 0.05) is 18.0 Å². The van der Waals surface area contributed by atoms with Crippen LogP contribution in [-0.4, -0.2) is 61.5 Å². The third kappa shape index (κ3) is 7.92. The van der Waals surface area contributed by atoms with E-state index in [1.165, 1.54) is 0 Å². The van der Waals surface area contributed by atoms with E-state index in [-0.39, 0.29) is 30.4 Å². The van der Waals surface area contributed by atoms with Crippen molar-refractivity contribution in [3.63, 3.8) is 0 Å². The highest BCUT2D eigenvalue weighted by atomic mass is 16.5. The smallest absolute Gasteiger partial charge is 0.333 e. The summed E-state index contributed by atoms with van der Waals surface area (Å²) in [7, 11) is 3.48. The first-order chi connectivity index (χ1) is 16.6. The molecule has 3 atom stereocenters. The molecule has 7 nitrogen and oxygen atoms in total. The van der Waals surface area contributed by atoms with Gasteiger partial charge in [0.05, 0.1) is 18.7 Å². The van der Waals surface area contributed by atoms with Crippen LogP contribution in [0.25, 0.3) is 0 Å². The molecule has 2 amide bonds. The molecule has 0 aromatic heterocycles. The van der Waals surface area contributed by atoms with Gasteiger partial charge in [-0.15, -0.1) is 0 Å². The van der Waals surface area contributed by atoms with Crippen molar-refractivity contribution >= 4 is 17.8 Å². The minimum absolute atomic E-state index is 0.0433. The predicted octanol–water partition coefficient (Wildman–Crippen LogP) is 4.08. The fourth-order valence-electron chi connectivity index (χ4n) is 4.40. The summed E-state index contributed by atoms with van der Waals surface area (Å²) in [5.74, 6) is -0.811. The van der Waals surface area contributed by atoms with E-state index in [0.717, 1.165) is 5.56 Å². The standard InChI is InChI=1S/C29H47N3O4/c1-12-36-27(35)20(4)18-22(19(2)3)32(11)26(34)24(28(5,6)7)31-25(33)23(30-10)29(8,9)21-16-14-13-15-17-21/h13-19,22-24,30H,12H2,1-11H3,(H,31,33)/b20-18+/t22-,23?,24+/m1/s1. The van der Waals surface area contributed by atoms with E-state index in [0.29, 0.717) is 5.57 Å². The van der Waals surface area contributed by atoms with Crippen LogP contribution in [-0.2, 0) is 24.5 Å². The minimum atomic E-state index is -0.769. The monoisotopic (exact) mass is 501 g/mol. The summed E-state index contributed by atoms with van der Waals surface area (Å²) >= 11 is 0. The van der Waals surface area contributed by atoms with Gasteiger partial charge in [-0.2, -0.15) is 0 Å². The van der Waals surface area contributed by atoms with Crippen LogP contribution >= 0.6 is 0 Å². The molecule has 0 aliphatic heterocycles. The Bertz CT molecular complexity index is 916. The second-order valence-corrected chi connectivity index (χ2v) is 11.4. The first-order valence-corrected chi connectivity index (χ1v) is 12.7. The lowest BCUT2D eigenvalue weighted by Crippen LogP contribution is -2.61. The number of hydrogen-bond acceptors (Lipinski definition) is 5. The van der Waals surface area contributed by atoms with Crippen LogP contribution in [0.15, 0.2) is 42.0 Å². The first kappa shape index (κ1) is 31.4. The molecule has 202 valence electrons. The summed E-state index contributed by atoms with van der Waals surface area (Å²) in [4.78, 5) is 41.2. The topological polar surface area (TPSA) is 87.7 Å². The highest BCUT2D eigenvalue weighted by molar-refractivity contribution is 5.92. The zero-order chi connectivity index (χ0) is 27.8. The number of nitrogens with one attached hydrogen (secondary N) is 2. The molecular weight excluding hydrogens is 454 g/mol. The Kier molecular flexibility index (Phi) is 11.4. The molecule has 1 unspecified atom stereocenters. The van der Waals surface area contributed by atoms with Crippen LogP contribution in [0, 0.1) is 11.3 Å². The highest BCUT2D eigenvalue weighted by Gasteiger charge is 2.41. The minimum Gasteiger partial charge on any atom is -0.463 e. The molecular formula is C29H47N3O4. The van der Waals surface area contributed by atoms with Gasteiger partial charge in [0.1, 0.15) is 6.04 Å². The maximum Gasteiger partial charge on any atom is 0.333 e. The number of nitrogens with zero attached hydrogens (tertiary/aromatic N) is 1. The van der Waals surface area contributed by atoms with Crippen molar-refractivity contribution in [2.45, 2.75) is 85.9 Å². The van der Waals surface area contributed by atoms with Crippen molar-refractivity contribution in [3.05, 3.63) is 47.5 Å². The van der Waals surface area contributed by atoms with Crippen molar-refractivity contribution in [3.8, 4) is 0 Å². The average Bonchev–Trinajstić information content (AvgIpc) is 2.80. The number of esters is 1. The van der Waals surface area contributed by atoms with E-state index in [9.17, 15) is 14.4 Å². The zero-order valence-corrected chi connectivity index (χ0v) is 24.1. The van der Waals surface area contributed by atoms with Crippen molar-refractivity contribution in [2.75, 3.05) is 20.7 Å². The summed E-state index contributed by atoms with van der Waals surface area (Å²) in [6.45, 7) is 17.6. The van der Waals surface area contributed by atoms with E-state index < -0.39 is 28.9 Å². The van der Waals surface area contributed by atoms with Gasteiger partial charge in [0.15, 0.2) is 0 Å². The lowest BCUT2D eigenvalue weighted by molar-refractivity contribution is -0.141. The second kappa shape index (κ2) is 13.0. The summed E-state index contributed by atoms with van der Waals surface area (Å²) < 4.78 is 5.11. The molecule has 1 aromatic carbocycles. The summed E-state index contributed by atoms with van der Waals surface area (Å²) in [5.41, 5.74) is 0.413. The van der Waals surface area contributed by atoms with E-state index >= 15 is 0 Å². The Morgan fingerprint density at radius 1 is 1.03 bits per heavy atom. The largest absolute Gasteiger partial charge is 0.463 e. The van der Waals surface area contributed by atoms with Gasteiger partial charge in [0.25, 0.3) is 0 Å². The number of amides is 2. The highest BCUT2D eigenvalue weighted by Crippen LogP contribution is 2.29. The molecule has 0 fully saturated rings. The molecule has 7 heteroatoms. The van der Waals surface area contributed by atoms with Crippen LogP contribution in [0.2, 0.25) is 0 Å². The Balaban J connectivity index is 3.28. The fourth-order valence-corrected chi connectivity index (χ4v) is 4.40. The molecule has 2 N–H and O–H groups in total. The maximum absolute atomic E-state index is 13.8. The van der Waals surface area contributed by atoms with E-state index in [1.54, 1.807) is 38.9 Å². The van der Waals surface area contributed by atoms with Gasteiger partial charge in [-0.1, -0.05) is 84.9 Å². The van der Waals surface area contributed by atoms with Gasteiger partial charge in [-0.25, -0.2) is 4.79 Å². The fraction of sp³-hybridized carbons (Fsp3) is 0.621. The third-order valence-electron chi connectivity index (χ3n) is 6.69. The Morgan fingerprint density at radius 2 is 1.58 bits per heavy atom. The van der Waals surface area contributed by atoms with Gasteiger partial charge < -0.3 is 20.3 Å². The number of benzene rings is 1. The SMILES string of the molecule is CCOC(=O)/C(C)=C/[C@H](C(C)C)N(C)C(=O)[C@H](NC(=O)C(NC)C(C)(C)c1ccccc1)C(C)(C)C. The molecule has 0 aliphatic carbocycles. The summed E-state index contributed by atoms with van der Waals surface area (Å²) in [6.07, 6.45) is 1.77. The van der Waals surface area contributed by atoms with Crippen molar-refractivity contribution in [1.82, 2.24) is 15.5 Å². The maximum atomic E-state index is 13.8. The molecule has 0 heterocycles. The molecule has 1 aromatic rings. The molecule has 1 rings (SSSR count). The van der Waals surface area contributed by atoms with E-state index in [1.807, 2.05) is 78.8 Å². The molecule has 0 saturated carbocycles. The molecule has 0 aliphatic rings. The lowest BCUT2D eigenvalue weighted by Gasteiger charge is -2.40. The third-order valence-corrected chi connectivity index (χ3v) is 6.69. The number of ether oxygens (including phenoxy) is 1. The van der Waals surface area contributed by atoms with Crippen LogP contribution in [0.3, 0.4) is 0 Å². The van der Waals surface area contributed by atoms with Crippen LogP contribution in [0.5, 0.6) is 0 Å². The zero-order valence-electron chi connectivity index (χ0n) is 24.1. The predicted molar refractivity (Wildman–Crippen MR) is 145 cm³/mol. The Labute approximate surface area is 218 Å². The number of likely N-dealkylation sites (N-methyl/N-ethyl adjacent to an activating group) is 2. The molecule has 0 radical (unpaired) electrons. The van der Waals surface area contributed by atoms with Crippen LogP contribution < -0.4 is 10.6 Å². The van der Waals surface area contributed by atoms with E-state index in [2.05, 4.69) is 10.6 Å². The van der Waals surface area contributed by atoms with Gasteiger partial charge in [0.2, 0.25) is 11.8 Å². The molecule has 0 saturated heterocycles. The number of hydrogen-bond donors (Lipinski definition) is 2. The second-order valence-electron chi connectivity index (χ2n) is 11.4.